The quantitative estimate of drug-likeness (QED) is 0.573. The molecule has 0 bridgehead atoms. The molecular formula is C10H20O2. The van der Waals surface area contributed by atoms with Crippen LogP contribution in [0, 0.1) is 0 Å². The SMILES string of the molecule is CCOC(C)/C=C/C(C)OCC. The minimum absolute atomic E-state index is 0.193. The van der Waals surface area contributed by atoms with Crippen LogP contribution in [0.5, 0.6) is 0 Å². The van der Waals surface area contributed by atoms with Crippen molar-refractivity contribution in [3.8, 4) is 0 Å². The molecule has 0 heterocycles. The van der Waals surface area contributed by atoms with Gasteiger partial charge < -0.3 is 9.47 Å². The van der Waals surface area contributed by atoms with E-state index in [4.69, 9.17) is 9.47 Å². The smallest absolute Gasteiger partial charge is 0.0728 e. The zero-order chi connectivity index (χ0) is 9.40. The van der Waals surface area contributed by atoms with Gasteiger partial charge in [0, 0.05) is 13.2 Å². The molecule has 2 unspecified atom stereocenters. The summed E-state index contributed by atoms with van der Waals surface area (Å²) >= 11 is 0. The molecule has 0 saturated heterocycles. The molecule has 2 heteroatoms. The van der Waals surface area contributed by atoms with Crippen LogP contribution in [0.4, 0.5) is 0 Å². The van der Waals surface area contributed by atoms with E-state index < -0.39 is 0 Å². The Morgan fingerprint density at radius 1 is 0.917 bits per heavy atom. The van der Waals surface area contributed by atoms with Crippen molar-refractivity contribution in [2.75, 3.05) is 13.2 Å². The standard InChI is InChI=1S/C10H20O2/c1-5-11-9(3)7-8-10(4)12-6-2/h7-10H,5-6H2,1-4H3/b8-7+. The second kappa shape index (κ2) is 7.32. The topological polar surface area (TPSA) is 18.5 Å². The monoisotopic (exact) mass is 172 g/mol. The summed E-state index contributed by atoms with van der Waals surface area (Å²) in [5.74, 6) is 0. The van der Waals surface area contributed by atoms with Crippen LogP contribution in [0.25, 0.3) is 0 Å². The second-order valence-electron chi connectivity index (χ2n) is 2.71. The van der Waals surface area contributed by atoms with Crippen molar-refractivity contribution in [3.63, 3.8) is 0 Å². The first-order valence-electron chi connectivity index (χ1n) is 4.62. The zero-order valence-electron chi connectivity index (χ0n) is 8.54. The molecule has 0 rings (SSSR count). The first-order valence-corrected chi connectivity index (χ1v) is 4.62. The summed E-state index contributed by atoms with van der Waals surface area (Å²) < 4.78 is 10.7. The first kappa shape index (κ1) is 11.7. The Morgan fingerprint density at radius 2 is 1.25 bits per heavy atom. The molecule has 2 atom stereocenters. The summed E-state index contributed by atoms with van der Waals surface area (Å²) in [7, 11) is 0. The predicted octanol–water partition coefficient (Wildman–Crippen LogP) is 2.39. The van der Waals surface area contributed by atoms with Crippen LogP contribution in [0.2, 0.25) is 0 Å². The van der Waals surface area contributed by atoms with E-state index in [1.807, 2.05) is 39.8 Å². The Kier molecular flexibility index (Phi) is 7.11. The van der Waals surface area contributed by atoms with Gasteiger partial charge >= 0.3 is 0 Å². The molecule has 0 aromatic heterocycles. The van der Waals surface area contributed by atoms with Gasteiger partial charge in [0.15, 0.2) is 0 Å². The summed E-state index contributed by atoms with van der Waals surface area (Å²) in [6, 6.07) is 0. The van der Waals surface area contributed by atoms with Gasteiger partial charge in [0.1, 0.15) is 0 Å². The Balaban J connectivity index is 3.57. The highest BCUT2D eigenvalue weighted by Crippen LogP contribution is 1.97. The molecule has 0 radical (unpaired) electrons. The van der Waals surface area contributed by atoms with Gasteiger partial charge in [0.05, 0.1) is 12.2 Å². The molecule has 0 fully saturated rings. The number of hydrogen-bond acceptors (Lipinski definition) is 2. The third-order valence-corrected chi connectivity index (χ3v) is 1.51. The van der Waals surface area contributed by atoms with Crippen molar-refractivity contribution in [3.05, 3.63) is 12.2 Å². The summed E-state index contributed by atoms with van der Waals surface area (Å²) in [6.07, 6.45) is 4.45. The van der Waals surface area contributed by atoms with E-state index in [-0.39, 0.29) is 12.2 Å². The molecule has 0 aliphatic carbocycles. The molecule has 0 amide bonds. The Hall–Kier alpha value is -0.340. The van der Waals surface area contributed by atoms with Crippen LogP contribution in [-0.2, 0) is 9.47 Å². The lowest BCUT2D eigenvalue weighted by atomic mass is 10.3. The van der Waals surface area contributed by atoms with Crippen molar-refractivity contribution < 1.29 is 9.47 Å². The summed E-state index contributed by atoms with van der Waals surface area (Å²) in [6.45, 7) is 9.56. The predicted molar refractivity (Wildman–Crippen MR) is 51.3 cm³/mol. The highest BCUT2D eigenvalue weighted by Gasteiger charge is 1.96. The van der Waals surface area contributed by atoms with Crippen molar-refractivity contribution >= 4 is 0 Å². The molecule has 2 nitrogen and oxygen atoms in total. The Bertz CT molecular complexity index is 107. The maximum absolute atomic E-state index is 5.33. The van der Waals surface area contributed by atoms with Crippen LogP contribution in [-0.4, -0.2) is 25.4 Å². The van der Waals surface area contributed by atoms with Crippen LogP contribution < -0.4 is 0 Å². The molecule has 0 saturated carbocycles. The number of rotatable bonds is 6. The van der Waals surface area contributed by atoms with E-state index in [0.29, 0.717) is 0 Å². The lowest BCUT2D eigenvalue weighted by Crippen LogP contribution is -2.08. The third kappa shape index (κ3) is 6.38. The maximum Gasteiger partial charge on any atom is 0.0728 e. The minimum Gasteiger partial charge on any atom is -0.375 e. The molecule has 0 aromatic carbocycles. The van der Waals surface area contributed by atoms with Crippen molar-refractivity contribution in [2.45, 2.75) is 39.9 Å². The summed E-state index contributed by atoms with van der Waals surface area (Å²) in [5, 5.41) is 0. The lowest BCUT2D eigenvalue weighted by molar-refractivity contribution is 0.0982. The molecule has 0 aliphatic heterocycles. The van der Waals surface area contributed by atoms with Gasteiger partial charge in [-0.15, -0.1) is 0 Å². The third-order valence-electron chi connectivity index (χ3n) is 1.51. The lowest BCUT2D eigenvalue weighted by Gasteiger charge is -2.08. The van der Waals surface area contributed by atoms with E-state index in [1.54, 1.807) is 0 Å². The average Bonchev–Trinajstić information content (AvgIpc) is 2.02. The molecular weight excluding hydrogens is 152 g/mol. The van der Waals surface area contributed by atoms with Gasteiger partial charge in [-0.1, -0.05) is 12.2 Å². The van der Waals surface area contributed by atoms with E-state index in [2.05, 4.69) is 0 Å². The minimum atomic E-state index is 0.193. The zero-order valence-corrected chi connectivity index (χ0v) is 8.54. The van der Waals surface area contributed by atoms with E-state index in [0.717, 1.165) is 13.2 Å². The van der Waals surface area contributed by atoms with E-state index in [9.17, 15) is 0 Å². The average molecular weight is 172 g/mol. The van der Waals surface area contributed by atoms with Crippen molar-refractivity contribution in [1.29, 1.82) is 0 Å². The molecule has 0 spiro atoms. The molecule has 0 aliphatic rings. The van der Waals surface area contributed by atoms with Gasteiger partial charge in [0.2, 0.25) is 0 Å². The first-order chi connectivity index (χ1) is 5.70. The van der Waals surface area contributed by atoms with Crippen molar-refractivity contribution in [1.82, 2.24) is 0 Å². The highest BCUT2D eigenvalue weighted by molar-refractivity contribution is 4.91. The fraction of sp³-hybridized carbons (Fsp3) is 0.800. The van der Waals surface area contributed by atoms with Gasteiger partial charge in [0.25, 0.3) is 0 Å². The second-order valence-corrected chi connectivity index (χ2v) is 2.71. The van der Waals surface area contributed by atoms with Crippen LogP contribution in [0.1, 0.15) is 27.7 Å². The van der Waals surface area contributed by atoms with Gasteiger partial charge in [-0.2, -0.15) is 0 Å². The molecule has 72 valence electrons. The largest absolute Gasteiger partial charge is 0.375 e. The van der Waals surface area contributed by atoms with Gasteiger partial charge in [-0.3, -0.25) is 0 Å². The summed E-state index contributed by atoms with van der Waals surface area (Å²) in [5.41, 5.74) is 0. The Labute approximate surface area is 75.6 Å². The summed E-state index contributed by atoms with van der Waals surface area (Å²) in [4.78, 5) is 0. The van der Waals surface area contributed by atoms with E-state index >= 15 is 0 Å². The van der Waals surface area contributed by atoms with Gasteiger partial charge in [-0.05, 0) is 27.7 Å². The molecule has 12 heavy (non-hydrogen) atoms. The maximum atomic E-state index is 5.33. The van der Waals surface area contributed by atoms with Gasteiger partial charge in [-0.25, -0.2) is 0 Å². The number of ether oxygens (including phenoxy) is 2. The highest BCUT2D eigenvalue weighted by atomic mass is 16.5. The number of hydrogen-bond donors (Lipinski definition) is 0. The fourth-order valence-electron chi connectivity index (χ4n) is 0.950. The van der Waals surface area contributed by atoms with Crippen LogP contribution in [0.3, 0.4) is 0 Å². The van der Waals surface area contributed by atoms with Crippen molar-refractivity contribution in [2.24, 2.45) is 0 Å². The van der Waals surface area contributed by atoms with E-state index in [1.165, 1.54) is 0 Å². The normalized spacial score (nSPS) is 16.7. The molecule has 0 N–H and O–H groups in total. The van der Waals surface area contributed by atoms with Crippen LogP contribution in [0.15, 0.2) is 12.2 Å². The molecule has 0 aromatic rings. The van der Waals surface area contributed by atoms with Crippen LogP contribution >= 0.6 is 0 Å². The Morgan fingerprint density at radius 3 is 1.50 bits per heavy atom. The fourth-order valence-corrected chi connectivity index (χ4v) is 0.950.